The summed E-state index contributed by atoms with van der Waals surface area (Å²) >= 11 is 0. The minimum absolute atomic E-state index is 0.361. The first-order chi connectivity index (χ1) is 3.12. The highest BCUT2D eigenvalue weighted by atomic mass is 14.8. The van der Waals surface area contributed by atoms with E-state index in [-0.39, 0.29) is 5.34 Å². The lowest BCUT2D eigenvalue weighted by Crippen LogP contribution is -2.43. The van der Waals surface area contributed by atoms with Crippen LogP contribution in [0.4, 0.5) is 0 Å². The minimum Gasteiger partial charge on any atom is -0.359 e. The van der Waals surface area contributed by atoms with Crippen molar-refractivity contribution in [1.82, 2.24) is 5.23 Å². The molecule has 0 spiro atoms. The van der Waals surface area contributed by atoms with Gasteiger partial charge in [0.1, 0.15) is 15.7 Å². The molecule has 0 rings (SSSR count). The standard InChI is InChI=1S/C2H7B3N2/c3-2(4,1-6)7-5/h7H,3-5H2. The highest BCUT2D eigenvalue weighted by Crippen LogP contribution is 1.81. The van der Waals surface area contributed by atoms with Crippen LogP contribution in [0, 0.1) is 11.3 Å². The lowest BCUT2D eigenvalue weighted by molar-refractivity contribution is 0.943. The van der Waals surface area contributed by atoms with E-state index in [1.54, 1.807) is 7.98 Å². The Labute approximate surface area is 46.5 Å². The summed E-state index contributed by atoms with van der Waals surface area (Å²) in [5.74, 6) is 0. The van der Waals surface area contributed by atoms with Gasteiger partial charge in [0.2, 0.25) is 0 Å². The predicted molar refractivity (Wildman–Crippen MR) is 37.1 cm³/mol. The predicted octanol–water partition coefficient (Wildman–Crippen LogP) is -3.43. The Morgan fingerprint density at radius 1 is 1.57 bits per heavy atom. The summed E-state index contributed by atoms with van der Waals surface area (Å²) in [6.45, 7) is 0. The highest BCUT2D eigenvalue weighted by molar-refractivity contribution is 6.44. The van der Waals surface area contributed by atoms with E-state index in [0.717, 1.165) is 0 Å². The first-order valence-electron chi connectivity index (χ1n) is 2.22. The van der Waals surface area contributed by atoms with Gasteiger partial charge in [-0.1, -0.05) is 0 Å². The first-order valence-corrected chi connectivity index (χ1v) is 2.22. The van der Waals surface area contributed by atoms with Crippen molar-refractivity contribution in [1.29, 1.82) is 5.26 Å². The summed E-state index contributed by atoms with van der Waals surface area (Å²) < 4.78 is 0. The molecule has 7 heavy (non-hydrogen) atoms. The van der Waals surface area contributed by atoms with Crippen LogP contribution in [0.5, 0.6) is 0 Å². The van der Waals surface area contributed by atoms with Crippen molar-refractivity contribution in [2.75, 3.05) is 0 Å². The van der Waals surface area contributed by atoms with Crippen LogP contribution in [0.25, 0.3) is 0 Å². The van der Waals surface area contributed by atoms with Crippen molar-refractivity contribution < 1.29 is 0 Å². The van der Waals surface area contributed by atoms with Gasteiger partial charge in [-0.15, -0.1) is 0 Å². The number of rotatable bonds is 1. The van der Waals surface area contributed by atoms with Crippen molar-refractivity contribution in [2.45, 2.75) is 5.34 Å². The van der Waals surface area contributed by atoms with Gasteiger partial charge in [0, 0.05) is 5.34 Å². The Bertz CT molecular complexity index is 93.6. The molecule has 5 heteroatoms. The zero-order chi connectivity index (χ0) is 5.91. The summed E-state index contributed by atoms with van der Waals surface area (Å²) in [5, 5.41) is 10.8. The molecule has 0 saturated heterocycles. The fraction of sp³-hybridized carbons (Fsp3) is 0.500. The van der Waals surface area contributed by atoms with Crippen molar-refractivity contribution in [2.24, 2.45) is 0 Å². The minimum atomic E-state index is -0.361. The van der Waals surface area contributed by atoms with Crippen LogP contribution in [0.3, 0.4) is 0 Å². The summed E-state index contributed by atoms with van der Waals surface area (Å²) in [6, 6.07) is 2.08. The molecular weight excluding hydrogens is 84.5 g/mol. The van der Waals surface area contributed by atoms with Gasteiger partial charge in [0.05, 0.1) is 6.07 Å². The highest BCUT2D eigenvalue weighted by Gasteiger charge is 2.10. The quantitative estimate of drug-likeness (QED) is 0.341. The molecular formula is C2H7B3N2. The van der Waals surface area contributed by atoms with Gasteiger partial charge in [-0.3, -0.25) is 0 Å². The first kappa shape index (κ1) is 6.64. The van der Waals surface area contributed by atoms with Crippen LogP contribution in [-0.2, 0) is 0 Å². The Hall–Kier alpha value is -0.355. The molecule has 0 atom stereocenters. The fourth-order valence-corrected chi connectivity index (χ4v) is 0.0559. The van der Waals surface area contributed by atoms with Crippen molar-refractivity contribution >= 4 is 23.7 Å². The molecule has 0 aliphatic carbocycles. The number of nitriles is 1. The van der Waals surface area contributed by atoms with Crippen molar-refractivity contribution in [3.8, 4) is 6.07 Å². The summed E-state index contributed by atoms with van der Waals surface area (Å²) in [6.07, 6.45) is 0. The van der Waals surface area contributed by atoms with E-state index in [0.29, 0.717) is 0 Å². The molecule has 0 aromatic carbocycles. The molecule has 0 aliphatic rings. The maximum absolute atomic E-state index is 8.28. The summed E-state index contributed by atoms with van der Waals surface area (Å²) in [7, 11) is 5.42. The average molecular weight is 91.5 g/mol. The molecule has 0 radical (unpaired) electrons. The second kappa shape index (κ2) is 2.08. The van der Waals surface area contributed by atoms with Gasteiger partial charge in [0.15, 0.2) is 7.98 Å². The number of nitrogens with zero attached hydrogens (tertiary/aromatic N) is 1. The van der Waals surface area contributed by atoms with E-state index in [1.807, 2.05) is 15.7 Å². The molecule has 0 unspecified atom stereocenters. The van der Waals surface area contributed by atoms with E-state index in [9.17, 15) is 0 Å². The second-order valence-electron chi connectivity index (χ2n) is 1.99. The van der Waals surface area contributed by atoms with Gasteiger partial charge >= 0.3 is 0 Å². The molecule has 0 heterocycles. The average Bonchev–Trinajstić information content (AvgIpc) is 1.68. The van der Waals surface area contributed by atoms with Crippen LogP contribution in [-0.4, -0.2) is 29.0 Å². The van der Waals surface area contributed by atoms with E-state index in [1.165, 1.54) is 0 Å². The Kier molecular flexibility index (Phi) is 1.98. The van der Waals surface area contributed by atoms with Crippen LogP contribution in [0.2, 0.25) is 0 Å². The van der Waals surface area contributed by atoms with Crippen LogP contribution in [0.1, 0.15) is 0 Å². The molecule has 2 nitrogen and oxygen atoms in total. The monoisotopic (exact) mass is 92.1 g/mol. The summed E-state index contributed by atoms with van der Waals surface area (Å²) in [4.78, 5) is 0. The van der Waals surface area contributed by atoms with Crippen LogP contribution in [0.15, 0.2) is 0 Å². The van der Waals surface area contributed by atoms with Crippen molar-refractivity contribution in [3.63, 3.8) is 0 Å². The zero-order valence-corrected chi connectivity index (χ0v) is 4.95. The molecule has 0 bridgehead atoms. The third-order valence-electron chi connectivity index (χ3n) is 0.905. The maximum Gasteiger partial charge on any atom is 0.182 e. The lowest BCUT2D eigenvalue weighted by Gasteiger charge is -2.11. The third kappa shape index (κ3) is 2.35. The second-order valence-corrected chi connectivity index (χ2v) is 1.99. The van der Waals surface area contributed by atoms with Gasteiger partial charge in [-0.2, -0.15) is 5.26 Å². The number of nitrogens with one attached hydrogen (secondary N) is 1. The lowest BCUT2D eigenvalue weighted by atomic mass is 9.62. The number of hydrogen-bond acceptors (Lipinski definition) is 2. The molecule has 1 N–H and O–H groups in total. The van der Waals surface area contributed by atoms with Gasteiger partial charge in [0.25, 0.3) is 0 Å². The maximum atomic E-state index is 8.28. The normalized spacial score (nSPS) is 10.1. The Morgan fingerprint density at radius 2 is 2.00 bits per heavy atom. The third-order valence-corrected chi connectivity index (χ3v) is 0.905. The Morgan fingerprint density at radius 3 is 2.00 bits per heavy atom. The van der Waals surface area contributed by atoms with Gasteiger partial charge in [-0.05, 0) is 0 Å². The SMILES string of the molecule is BNC(B)(B)C#N. The fourth-order valence-electron chi connectivity index (χ4n) is 0.0559. The van der Waals surface area contributed by atoms with Crippen LogP contribution < -0.4 is 5.23 Å². The van der Waals surface area contributed by atoms with E-state index >= 15 is 0 Å². The van der Waals surface area contributed by atoms with E-state index in [2.05, 4.69) is 11.3 Å². The molecule has 0 fully saturated rings. The van der Waals surface area contributed by atoms with Crippen LogP contribution >= 0.6 is 0 Å². The van der Waals surface area contributed by atoms with E-state index < -0.39 is 0 Å². The topological polar surface area (TPSA) is 35.8 Å². The molecule has 0 aromatic heterocycles. The Balaban J connectivity index is 3.66. The van der Waals surface area contributed by atoms with Gasteiger partial charge in [-0.25, -0.2) is 0 Å². The summed E-state index contributed by atoms with van der Waals surface area (Å²) in [5.41, 5.74) is 0. The molecule has 0 aromatic rings. The molecule has 34 valence electrons. The molecule has 0 aliphatic heterocycles. The van der Waals surface area contributed by atoms with E-state index in [4.69, 9.17) is 5.26 Å². The molecule has 0 amide bonds. The number of hydrogen-bond donors (Lipinski definition) is 1. The molecule has 0 saturated carbocycles. The van der Waals surface area contributed by atoms with Gasteiger partial charge < -0.3 is 5.23 Å². The largest absolute Gasteiger partial charge is 0.359 e. The zero-order valence-electron chi connectivity index (χ0n) is 4.95. The smallest absolute Gasteiger partial charge is 0.182 e. The van der Waals surface area contributed by atoms with Crippen molar-refractivity contribution in [3.05, 3.63) is 0 Å².